The van der Waals surface area contributed by atoms with Crippen molar-refractivity contribution in [3.8, 4) is 0 Å². The summed E-state index contributed by atoms with van der Waals surface area (Å²) in [5.74, 6) is -0.514. The lowest BCUT2D eigenvalue weighted by Gasteiger charge is -2.34. The number of pyridine rings is 1. The van der Waals surface area contributed by atoms with E-state index in [1.165, 1.54) is 11.0 Å². The molecule has 0 radical (unpaired) electrons. The zero-order valence-electron chi connectivity index (χ0n) is 24.2. The predicted molar refractivity (Wildman–Crippen MR) is 151 cm³/mol. The molecule has 3 fully saturated rings. The number of benzene rings is 1. The molecule has 0 unspecified atom stereocenters. The van der Waals surface area contributed by atoms with Gasteiger partial charge in [-0.25, -0.2) is 4.98 Å². The molecule has 7 rings (SSSR count). The summed E-state index contributed by atoms with van der Waals surface area (Å²) in [6, 6.07) is 4.59. The van der Waals surface area contributed by atoms with Crippen molar-refractivity contribution in [2.45, 2.75) is 62.7 Å². The molecule has 1 amide bonds. The van der Waals surface area contributed by atoms with Crippen molar-refractivity contribution in [1.29, 1.82) is 0 Å². The number of carboxylic acid groups (broad SMARTS) is 1. The van der Waals surface area contributed by atoms with Gasteiger partial charge in [0, 0.05) is 30.1 Å². The molecule has 3 aromatic rings. The monoisotopic (exact) mass is 610 g/mol. The Kier molecular flexibility index (Phi) is 7.19. The Morgan fingerprint density at radius 1 is 1.14 bits per heavy atom. The average Bonchev–Trinajstić information content (AvgIpc) is 3.62. The topological polar surface area (TPSA) is 122 Å². The Morgan fingerprint density at radius 3 is 2.48 bits per heavy atom. The SMILES string of the molecule is Cn1cnnc1[C@@H](c1cc(C2CC2)nc(N2Cc3c(cc([C@H](NCC4CCC4)C(=O)O)cc3C(F)(F)F)C2=O)c1)C1COC1. The Labute approximate surface area is 251 Å². The van der Waals surface area contributed by atoms with E-state index in [9.17, 15) is 27.9 Å². The van der Waals surface area contributed by atoms with E-state index >= 15 is 0 Å². The number of carboxylic acids is 1. The van der Waals surface area contributed by atoms with Gasteiger partial charge in [-0.3, -0.25) is 14.5 Å². The van der Waals surface area contributed by atoms with Crippen LogP contribution in [0, 0.1) is 11.8 Å². The highest BCUT2D eigenvalue weighted by atomic mass is 19.4. The number of anilines is 1. The largest absolute Gasteiger partial charge is 0.480 e. The van der Waals surface area contributed by atoms with E-state index in [0.29, 0.717) is 25.7 Å². The summed E-state index contributed by atoms with van der Waals surface area (Å²) in [7, 11) is 1.86. The number of rotatable bonds is 10. The van der Waals surface area contributed by atoms with Gasteiger partial charge < -0.3 is 19.7 Å². The van der Waals surface area contributed by atoms with Gasteiger partial charge >= 0.3 is 12.1 Å². The molecule has 232 valence electrons. The highest BCUT2D eigenvalue weighted by molar-refractivity contribution is 6.10. The maximum atomic E-state index is 14.5. The van der Waals surface area contributed by atoms with E-state index in [1.807, 2.05) is 17.7 Å². The first-order valence-corrected chi connectivity index (χ1v) is 15.0. The van der Waals surface area contributed by atoms with Crippen molar-refractivity contribution >= 4 is 17.7 Å². The van der Waals surface area contributed by atoms with Crippen LogP contribution in [0.5, 0.6) is 0 Å². The van der Waals surface area contributed by atoms with E-state index in [1.54, 1.807) is 12.4 Å². The molecule has 2 N–H and O–H groups in total. The van der Waals surface area contributed by atoms with Crippen LogP contribution >= 0.6 is 0 Å². The molecule has 1 saturated heterocycles. The van der Waals surface area contributed by atoms with Gasteiger partial charge in [0.25, 0.3) is 5.91 Å². The van der Waals surface area contributed by atoms with Crippen LogP contribution in [0.4, 0.5) is 19.0 Å². The number of carbonyl (C=O) groups excluding carboxylic acids is 1. The van der Waals surface area contributed by atoms with Crippen molar-refractivity contribution in [2.24, 2.45) is 18.9 Å². The van der Waals surface area contributed by atoms with E-state index < -0.39 is 29.7 Å². The fourth-order valence-electron chi connectivity index (χ4n) is 6.48. The van der Waals surface area contributed by atoms with Gasteiger partial charge in [-0.1, -0.05) is 6.42 Å². The number of halogens is 3. The van der Waals surface area contributed by atoms with Gasteiger partial charge in [0.1, 0.15) is 24.0 Å². The second kappa shape index (κ2) is 11.0. The summed E-state index contributed by atoms with van der Waals surface area (Å²) in [4.78, 5) is 32.2. The maximum absolute atomic E-state index is 14.5. The predicted octanol–water partition coefficient (Wildman–Crippen LogP) is 4.56. The molecule has 13 heteroatoms. The summed E-state index contributed by atoms with van der Waals surface area (Å²) in [6.07, 6.45) is 1.66. The summed E-state index contributed by atoms with van der Waals surface area (Å²) in [5, 5.41) is 21.3. The summed E-state index contributed by atoms with van der Waals surface area (Å²) in [6.45, 7) is 1.12. The highest BCUT2D eigenvalue weighted by Gasteiger charge is 2.43. The van der Waals surface area contributed by atoms with Crippen LogP contribution in [0.2, 0.25) is 0 Å². The van der Waals surface area contributed by atoms with Crippen LogP contribution in [-0.2, 0) is 29.3 Å². The average molecular weight is 611 g/mol. The van der Waals surface area contributed by atoms with Crippen LogP contribution in [-0.4, -0.2) is 56.5 Å². The Balaban J connectivity index is 1.28. The molecule has 2 saturated carbocycles. The van der Waals surface area contributed by atoms with Gasteiger partial charge in [-0.05, 0) is 79.1 Å². The van der Waals surface area contributed by atoms with Crippen LogP contribution < -0.4 is 10.2 Å². The smallest absolute Gasteiger partial charge is 0.416 e. The van der Waals surface area contributed by atoms with Crippen molar-refractivity contribution in [1.82, 2.24) is 25.1 Å². The van der Waals surface area contributed by atoms with Gasteiger partial charge in [-0.2, -0.15) is 13.2 Å². The molecule has 2 aromatic heterocycles. The summed E-state index contributed by atoms with van der Waals surface area (Å²) >= 11 is 0. The van der Waals surface area contributed by atoms with Crippen LogP contribution in [0.15, 0.2) is 30.6 Å². The minimum Gasteiger partial charge on any atom is -0.480 e. The van der Waals surface area contributed by atoms with E-state index in [-0.39, 0.29) is 46.8 Å². The Bertz CT molecular complexity index is 1610. The number of carbonyl (C=O) groups is 2. The number of hydrogen-bond donors (Lipinski definition) is 2. The highest BCUT2D eigenvalue weighted by Crippen LogP contribution is 2.45. The van der Waals surface area contributed by atoms with Gasteiger partial charge in [0.15, 0.2) is 0 Å². The normalized spacial score (nSPS) is 20.3. The lowest BCUT2D eigenvalue weighted by atomic mass is 9.83. The first-order chi connectivity index (χ1) is 21.1. The van der Waals surface area contributed by atoms with Crippen molar-refractivity contribution < 1.29 is 32.6 Å². The number of amides is 1. The second-order valence-electron chi connectivity index (χ2n) is 12.5. The molecule has 2 aliphatic carbocycles. The fraction of sp³-hybridized carbons (Fsp3) is 0.516. The number of nitrogens with one attached hydrogen (secondary N) is 1. The minimum atomic E-state index is -4.79. The minimum absolute atomic E-state index is 0.0918. The number of ether oxygens (including phenoxy) is 1. The number of alkyl halides is 3. The summed E-state index contributed by atoms with van der Waals surface area (Å²) in [5.41, 5.74) is 0.228. The molecule has 4 heterocycles. The van der Waals surface area contributed by atoms with E-state index in [4.69, 9.17) is 9.72 Å². The number of nitrogens with zero attached hydrogens (tertiary/aromatic N) is 5. The number of hydrogen-bond acceptors (Lipinski definition) is 7. The Hall–Kier alpha value is -3.84. The van der Waals surface area contributed by atoms with Crippen molar-refractivity contribution in [3.05, 3.63) is 69.9 Å². The lowest BCUT2D eigenvalue weighted by Crippen LogP contribution is -2.35. The summed E-state index contributed by atoms with van der Waals surface area (Å²) < 4.78 is 50.7. The molecule has 0 spiro atoms. The molecule has 2 aliphatic heterocycles. The molecular formula is C31H33F3N6O4. The van der Waals surface area contributed by atoms with Gasteiger partial charge in [0.2, 0.25) is 0 Å². The zero-order chi connectivity index (χ0) is 30.7. The third-order valence-corrected chi connectivity index (χ3v) is 9.43. The quantitative estimate of drug-likeness (QED) is 0.343. The maximum Gasteiger partial charge on any atom is 0.416 e. The fourth-order valence-corrected chi connectivity index (χ4v) is 6.48. The van der Waals surface area contributed by atoms with Gasteiger partial charge in [0.05, 0.1) is 31.2 Å². The number of aryl methyl sites for hydroxylation is 1. The van der Waals surface area contributed by atoms with Crippen LogP contribution in [0.3, 0.4) is 0 Å². The standard InChI is InChI=1S/C31H33F3N6O4/c1-39-15-36-38-28(39)26(20-13-44-14-20)18-9-24(17-5-6-17)37-25(10-18)40-12-22-21(29(40)41)7-19(8-23(22)31(32,33)34)27(30(42)43)35-11-16-3-2-4-16/h7-10,15-17,20,26-27,35H,2-6,11-14H2,1H3,(H,42,43)/t26-,27-/m0/s1. The van der Waals surface area contributed by atoms with Crippen LogP contribution in [0.1, 0.15) is 94.1 Å². The van der Waals surface area contributed by atoms with Crippen molar-refractivity contribution in [2.75, 3.05) is 24.7 Å². The molecule has 1 aromatic carbocycles. The number of fused-ring (bicyclic) bond motifs is 1. The number of aromatic nitrogens is 4. The molecule has 10 nitrogen and oxygen atoms in total. The molecular weight excluding hydrogens is 577 g/mol. The Morgan fingerprint density at radius 2 is 1.91 bits per heavy atom. The first kappa shape index (κ1) is 28.9. The third-order valence-electron chi connectivity index (χ3n) is 9.43. The second-order valence-corrected chi connectivity index (χ2v) is 12.5. The van der Waals surface area contributed by atoms with Crippen molar-refractivity contribution in [3.63, 3.8) is 0 Å². The molecule has 44 heavy (non-hydrogen) atoms. The third kappa shape index (κ3) is 5.25. The number of aliphatic carboxylic acids is 1. The van der Waals surface area contributed by atoms with E-state index in [0.717, 1.165) is 55.3 Å². The van der Waals surface area contributed by atoms with Crippen LogP contribution in [0.25, 0.3) is 0 Å². The first-order valence-electron chi connectivity index (χ1n) is 15.0. The van der Waals surface area contributed by atoms with Gasteiger partial charge in [-0.15, -0.1) is 10.2 Å². The molecule has 0 bridgehead atoms. The molecule has 4 aliphatic rings. The zero-order valence-corrected chi connectivity index (χ0v) is 24.2. The van der Waals surface area contributed by atoms with E-state index in [2.05, 4.69) is 15.5 Å². The molecule has 2 atom stereocenters. The lowest BCUT2D eigenvalue weighted by molar-refractivity contribution is -0.141.